The molecule has 0 spiro atoms. The van der Waals surface area contributed by atoms with Crippen LogP contribution in [-0.2, 0) is 0 Å². The fourth-order valence-corrected chi connectivity index (χ4v) is 2.48. The minimum Gasteiger partial charge on any atom is -0.493 e. The van der Waals surface area contributed by atoms with Crippen molar-refractivity contribution >= 4 is 34.8 Å². The zero-order chi connectivity index (χ0) is 16.2. The molecule has 3 aromatic rings. The van der Waals surface area contributed by atoms with Crippen molar-refractivity contribution in [1.82, 2.24) is 9.97 Å². The number of hydrazone groups is 1. The van der Waals surface area contributed by atoms with E-state index in [9.17, 15) is 0 Å². The van der Waals surface area contributed by atoms with Crippen molar-refractivity contribution in [2.45, 2.75) is 0 Å². The number of imidazole rings is 1. The Hall–Kier alpha value is -2.73. The van der Waals surface area contributed by atoms with Gasteiger partial charge >= 0.3 is 0 Å². The quantitative estimate of drug-likeness (QED) is 0.553. The van der Waals surface area contributed by atoms with E-state index < -0.39 is 0 Å². The van der Waals surface area contributed by atoms with Crippen LogP contribution in [0.1, 0.15) is 5.56 Å². The van der Waals surface area contributed by atoms with Crippen LogP contribution in [-0.4, -0.2) is 30.4 Å². The van der Waals surface area contributed by atoms with E-state index >= 15 is 0 Å². The van der Waals surface area contributed by atoms with Crippen molar-refractivity contribution in [3.05, 3.63) is 47.0 Å². The van der Waals surface area contributed by atoms with E-state index in [1.807, 2.05) is 24.3 Å². The summed E-state index contributed by atoms with van der Waals surface area (Å²) in [6.07, 6.45) is 1.63. The van der Waals surface area contributed by atoms with Gasteiger partial charge in [0.15, 0.2) is 11.5 Å². The molecule has 2 N–H and O–H groups in total. The monoisotopic (exact) mass is 330 g/mol. The Morgan fingerprint density at radius 1 is 1.22 bits per heavy atom. The lowest BCUT2D eigenvalue weighted by Crippen LogP contribution is -1.95. The number of H-pyrrole nitrogens is 1. The number of hydrogen-bond acceptors (Lipinski definition) is 5. The number of para-hydroxylation sites is 2. The molecule has 118 valence electrons. The first-order valence-electron chi connectivity index (χ1n) is 6.86. The number of anilines is 1. The molecule has 0 atom stereocenters. The molecule has 0 aliphatic heterocycles. The fourth-order valence-electron chi connectivity index (χ4n) is 2.19. The van der Waals surface area contributed by atoms with Crippen LogP contribution in [0.3, 0.4) is 0 Å². The number of aromatic nitrogens is 2. The first-order valence-corrected chi connectivity index (χ1v) is 7.24. The van der Waals surface area contributed by atoms with Gasteiger partial charge in [0.2, 0.25) is 5.95 Å². The number of nitrogens with one attached hydrogen (secondary N) is 2. The lowest BCUT2D eigenvalue weighted by atomic mass is 10.2. The highest BCUT2D eigenvalue weighted by Crippen LogP contribution is 2.35. The smallest absolute Gasteiger partial charge is 0.222 e. The highest BCUT2D eigenvalue weighted by atomic mass is 35.5. The maximum atomic E-state index is 6.16. The van der Waals surface area contributed by atoms with E-state index in [1.54, 1.807) is 32.6 Å². The van der Waals surface area contributed by atoms with Crippen LogP contribution in [0.15, 0.2) is 41.5 Å². The Labute approximate surface area is 138 Å². The third-order valence-electron chi connectivity index (χ3n) is 3.23. The number of aromatic amines is 1. The van der Waals surface area contributed by atoms with Crippen molar-refractivity contribution in [2.24, 2.45) is 5.10 Å². The van der Waals surface area contributed by atoms with Crippen molar-refractivity contribution in [3.63, 3.8) is 0 Å². The number of nitrogens with zero attached hydrogens (tertiary/aromatic N) is 2. The van der Waals surface area contributed by atoms with Crippen molar-refractivity contribution in [3.8, 4) is 11.5 Å². The maximum Gasteiger partial charge on any atom is 0.222 e. The number of rotatable bonds is 5. The molecule has 0 fully saturated rings. The zero-order valence-electron chi connectivity index (χ0n) is 12.6. The van der Waals surface area contributed by atoms with Crippen molar-refractivity contribution < 1.29 is 9.47 Å². The average Bonchev–Trinajstić information content (AvgIpc) is 2.97. The highest BCUT2D eigenvalue weighted by Gasteiger charge is 2.09. The van der Waals surface area contributed by atoms with E-state index in [1.165, 1.54) is 0 Å². The first kappa shape index (κ1) is 15.2. The van der Waals surface area contributed by atoms with Gasteiger partial charge in [-0.25, -0.2) is 10.4 Å². The molecule has 6 nitrogen and oxygen atoms in total. The minimum atomic E-state index is 0.456. The van der Waals surface area contributed by atoms with Gasteiger partial charge in [0, 0.05) is 0 Å². The highest BCUT2D eigenvalue weighted by molar-refractivity contribution is 6.32. The predicted molar refractivity (Wildman–Crippen MR) is 91.9 cm³/mol. The van der Waals surface area contributed by atoms with Crippen LogP contribution in [0.2, 0.25) is 5.02 Å². The molecule has 1 heterocycles. The van der Waals surface area contributed by atoms with Crippen molar-refractivity contribution in [1.29, 1.82) is 0 Å². The molecule has 3 rings (SSSR count). The Kier molecular flexibility index (Phi) is 4.34. The van der Waals surface area contributed by atoms with Gasteiger partial charge in [0.05, 0.1) is 36.5 Å². The molecule has 2 aromatic carbocycles. The summed E-state index contributed by atoms with van der Waals surface area (Å²) >= 11 is 6.16. The van der Waals surface area contributed by atoms with Gasteiger partial charge < -0.3 is 14.5 Å². The van der Waals surface area contributed by atoms with Crippen LogP contribution in [0.25, 0.3) is 11.0 Å². The number of ether oxygens (including phenoxy) is 2. The first-order chi connectivity index (χ1) is 11.2. The lowest BCUT2D eigenvalue weighted by molar-refractivity contribution is 0.355. The Bertz CT molecular complexity index is 827. The normalized spacial score (nSPS) is 11.1. The van der Waals surface area contributed by atoms with E-state index in [4.69, 9.17) is 21.1 Å². The molecule has 23 heavy (non-hydrogen) atoms. The molecule has 0 aliphatic carbocycles. The Morgan fingerprint density at radius 3 is 2.78 bits per heavy atom. The standard InChI is InChI=1S/C16H15ClN4O2/c1-22-14-8-10(7-11(17)15(14)23-2)9-18-21-16-19-12-5-3-4-6-13(12)20-16/h3-9H,1-2H3,(H2,19,20,21)/b18-9-. The summed E-state index contributed by atoms with van der Waals surface area (Å²) in [6, 6.07) is 11.3. The molecular weight excluding hydrogens is 316 g/mol. The molecular formula is C16H15ClN4O2. The van der Waals surface area contributed by atoms with E-state index in [2.05, 4.69) is 20.5 Å². The zero-order valence-corrected chi connectivity index (χ0v) is 13.4. The second kappa shape index (κ2) is 6.58. The van der Waals surface area contributed by atoms with Gasteiger partial charge in [-0.1, -0.05) is 23.7 Å². The van der Waals surface area contributed by atoms with Crippen LogP contribution in [0, 0.1) is 0 Å². The van der Waals surface area contributed by atoms with Gasteiger partial charge in [-0.2, -0.15) is 5.10 Å². The van der Waals surface area contributed by atoms with Gasteiger partial charge in [-0.15, -0.1) is 0 Å². The Morgan fingerprint density at radius 2 is 2.04 bits per heavy atom. The van der Waals surface area contributed by atoms with Crippen LogP contribution < -0.4 is 14.9 Å². The topological polar surface area (TPSA) is 71.5 Å². The third-order valence-corrected chi connectivity index (χ3v) is 3.51. The molecule has 0 bridgehead atoms. The second-order valence-corrected chi connectivity index (χ2v) is 5.12. The fraction of sp³-hybridized carbons (Fsp3) is 0.125. The average molecular weight is 331 g/mol. The molecule has 0 radical (unpaired) electrons. The number of fused-ring (bicyclic) bond motifs is 1. The summed E-state index contributed by atoms with van der Waals surface area (Å²) in [5.74, 6) is 1.61. The summed E-state index contributed by atoms with van der Waals surface area (Å²) in [5.41, 5.74) is 5.45. The van der Waals surface area contributed by atoms with Crippen LogP contribution in [0.5, 0.6) is 11.5 Å². The summed E-state index contributed by atoms with van der Waals surface area (Å²) in [5, 5.41) is 4.61. The van der Waals surface area contributed by atoms with Gasteiger partial charge in [-0.3, -0.25) is 0 Å². The third kappa shape index (κ3) is 3.22. The molecule has 0 saturated carbocycles. The molecule has 0 aliphatic rings. The van der Waals surface area contributed by atoms with E-state index in [0.717, 1.165) is 16.6 Å². The second-order valence-electron chi connectivity index (χ2n) is 4.71. The van der Waals surface area contributed by atoms with Crippen molar-refractivity contribution in [2.75, 3.05) is 19.6 Å². The number of methoxy groups -OCH3 is 2. The molecule has 0 saturated heterocycles. The summed E-state index contributed by atoms with van der Waals surface area (Å²) < 4.78 is 10.4. The molecule has 0 unspecified atom stereocenters. The minimum absolute atomic E-state index is 0.456. The SMILES string of the molecule is COc1cc(/C=N\Nc2nc3ccccc3[nH]2)cc(Cl)c1OC. The van der Waals surface area contributed by atoms with Gasteiger partial charge in [0.25, 0.3) is 0 Å². The number of hydrogen-bond donors (Lipinski definition) is 2. The van der Waals surface area contributed by atoms with E-state index in [0.29, 0.717) is 22.5 Å². The number of benzene rings is 2. The number of halogens is 1. The van der Waals surface area contributed by atoms with Gasteiger partial charge in [-0.05, 0) is 29.8 Å². The molecule has 1 aromatic heterocycles. The predicted octanol–water partition coefficient (Wildman–Crippen LogP) is 3.68. The molecule has 0 amide bonds. The maximum absolute atomic E-state index is 6.16. The van der Waals surface area contributed by atoms with Crippen LogP contribution >= 0.6 is 11.6 Å². The van der Waals surface area contributed by atoms with Crippen LogP contribution in [0.4, 0.5) is 5.95 Å². The van der Waals surface area contributed by atoms with E-state index in [-0.39, 0.29) is 0 Å². The summed E-state index contributed by atoms with van der Waals surface area (Å²) in [7, 11) is 3.10. The molecule has 7 heteroatoms. The lowest BCUT2D eigenvalue weighted by Gasteiger charge is -2.09. The van der Waals surface area contributed by atoms with Gasteiger partial charge in [0.1, 0.15) is 0 Å². The summed E-state index contributed by atoms with van der Waals surface area (Å²) in [6.45, 7) is 0. The Balaban J connectivity index is 1.78. The summed E-state index contributed by atoms with van der Waals surface area (Å²) in [4.78, 5) is 7.50. The largest absolute Gasteiger partial charge is 0.493 e.